The fourth-order valence-electron chi connectivity index (χ4n) is 1.95. The first-order valence-corrected chi connectivity index (χ1v) is 6.51. The largest absolute Gasteiger partial charge is 0.395 e. The van der Waals surface area contributed by atoms with Crippen LogP contribution in [-0.2, 0) is 0 Å². The monoisotopic (exact) mass is 269 g/mol. The number of aromatic nitrogens is 2. The molecule has 0 unspecified atom stereocenters. The Hall–Kier alpha value is -1.60. The van der Waals surface area contributed by atoms with Crippen LogP contribution in [0.5, 0.6) is 0 Å². The molecule has 4 N–H and O–H groups in total. The molecule has 19 heavy (non-hydrogen) atoms. The minimum absolute atomic E-state index is 0.0424. The van der Waals surface area contributed by atoms with E-state index in [-0.39, 0.29) is 13.2 Å². The van der Waals surface area contributed by atoms with E-state index in [0.717, 1.165) is 0 Å². The molecule has 0 spiro atoms. The van der Waals surface area contributed by atoms with E-state index < -0.39 is 0 Å². The lowest BCUT2D eigenvalue weighted by Crippen LogP contribution is -2.31. The maximum absolute atomic E-state index is 9.06. The fraction of sp³-hybridized carbons (Fsp3) is 0.667. The predicted molar refractivity (Wildman–Crippen MR) is 76.4 cm³/mol. The van der Waals surface area contributed by atoms with Crippen LogP contribution in [0, 0.1) is 0 Å². The van der Waals surface area contributed by atoms with Gasteiger partial charge in [0.2, 0.25) is 0 Å². The topological polar surface area (TPSA) is 98.7 Å². The van der Waals surface area contributed by atoms with E-state index in [1.54, 1.807) is 0 Å². The number of hydrogen-bond donors (Lipinski definition) is 3. The molecule has 0 amide bonds. The van der Waals surface area contributed by atoms with Gasteiger partial charge in [-0.1, -0.05) is 0 Å². The summed E-state index contributed by atoms with van der Waals surface area (Å²) in [5.74, 6) is 1.25. The van der Waals surface area contributed by atoms with Crippen molar-refractivity contribution < 1.29 is 10.2 Å². The molecule has 0 aliphatic heterocycles. The summed E-state index contributed by atoms with van der Waals surface area (Å²) >= 11 is 0. The quantitative estimate of drug-likeness (QED) is 0.595. The van der Waals surface area contributed by atoms with Crippen molar-refractivity contribution in [1.82, 2.24) is 9.97 Å². The second kappa shape index (κ2) is 7.75. The summed E-state index contributed by atoms with van der Waals surface area (Å²) in [5.41, 5.74) is 6.60. The number of nitrogens with two attached hydrogens (primary N) is 1. The summed E-state index contributed by atoms with van der Waals surface area (Å²) in [6.07, 6.45) is 1.46. The number of nitrogen functional groups attached to an aromatic ring is 1. The first kappa shape index (κ1) is 15.5. The minimum Gasteiger partial charge on any atom is -0.395 e. The van der Waals surface area contributed by atoms with Crippen molar-refractivity contribution in [3.63, 3.8) is 0 Å². The summed E-state index contributed by atoms with van der Waals surface area (Å²) in [7, 11) is 0. The lowest BCUT2D eigenvalue weighted by molar-refractivity contribution is 0.302. The highest BCUT2D eigenvalue weighted by Gasteiger charge is 2.16. The van der Waals surface area contributed by atoms with Crippen molar-refractivity contribution in [3.8, 4) is 0 Å². The van der Waals surface area contributed by atoms with Crippen LogP contribution in [0.3, 0.4) is 0 Å². The Morgan fingerprint density at radius 3 is 1.74 bits per heavy atom. The highest BCUT2D eigenvalue weighted by Crippen LogP contribution is 2.28. The van der Waals surface area contributed by atoms with Crippen molar-refractivity contribution in [2.45, 2.75) is 13.8 Å². The van der Waals surface area contributed by atoms with E-state index in [1.807, 2.05) is 23.6 Å². The van der Waals surface area contributed by atoms with Gasteiger partial charge in [-0.3, -0.25) is 0 Å². The van der Waals surface area contributed by atoms with Crippen molar-refractivity contribution in [2.75, 3.05) is 54.9 Å². The van der Waals surface area contributed by atoms with Crippen LogP contribution in [0.4, 0.5) is 17.3 Å². The molecule has 1 aromatic heterocycles. The highest BCUT2D eigenvalue weighted by atomic mass is 16.3. The summed E-state index contributed by atoms with van der Waals surface area (Å²) in [4.78, 5) is 12.2. The SMILES string of the molecule is CCN(CCO)c1ncnc(N(CC)CCO)c1N. The zero-order valence-corrected chi connectivity index (χ0v) is 11.6. The third kappa shape index (κ3) is 3.68. The van der Waals surface area contributed by atoms with Crippen LogP contribution in [0.1, 0.15) is 13.8 Å². The van der Waals surface area contributed by atoms with Gasteiger partial charge in [-0.05, 0) is 13.8 Å². The first-order chi connectivity index (χ1) is 9.19. The van der Waals surface area contributed by atoms with E-state index >= 15 is 0 Å². The number of likely N-dealkylation sites (N-methyl/N-ethyl adjacent to an activating group) is 2. The third-order valence-electron chi connectivity index (χ3n) is 2.94. The Kier molecular flexibility index (Phi) is 6.31. The molecule has 0 saturated carbocycles. The molecule has 0 bridgehead atoms. The Balaban J connectivity index is 3.08. The van der Waals surface area contributed by atoms with Crippen molar-refractivity contribution in [1.29, 1.82) is 0 Å². The molecule has 0 saturated heterocycles. The molecule has 0 aromatic carbocycles. The molecule has 1 heterocycles. The molecule has 0 aliphatic rings. The van der Waals surface area contributed by atoms with Crippen molar-refractivity contribution in [3.05, 3.63) is 6.33 Å². The van der Waals surface area contributed by atoms with E-state index in [1.165, 1.54) is 6.33 Å². The highest BCUT2D eigenvalue weighted by molar-refractivity contribution is 5.75. The molecule has 0 atom stereocenters. The minimum atomic E-state index is 0.0424. The van der Waals surface area contributed by atoms with E-state index in [0.29, 0.717) is 43.5 Å². The molecule has 7 heteroatoms. The molecule has 1 aromatic rings. The molecule has 7 nitrogen and oxygen atoms in total. The van der Waals surface area contributed by atoms with Gasteiger partial charge >= 0.3 is 0 Å². The van der Waals surface area contributed by atoms with E-state index in [9.17, 15) is 0 Å². The summed E-state index contributed by atoms with van der Waals surface area (Å²) in [6, 6.07) is 0. The van der Waals surface area contributed by atoms with Crippen molar-refractivity contribution >= 4 is 17.3 Å². The van der Waals surface area contributed by atoms with Crippen LogP contribution >= 0.6 is 0 Å². The number of hydrogen-bond acceptors (Lipinski definition) is 7. The standard InChI is InChI=1S/C12H23N5O2/c1-3-16(5-7-18)11-10(13)12(15-9-14-11)17(4-2)6-8-19/h9,18-19H,3-8,13H2,1-2H3. The average Bonchev–Trinajstić information content (AvgIpc) is 2.43. The van der Waals surface area contributed by atoms with Gasteiger partial charge in [0.1, 0.15) is 12.0 Å². The molecular weight excluding hydrogens is 246 g/mol. The number of rotatable bonds is 8. The van der Waals surface area contributed by atoms with Crippen LogP contribution in [0.25, 0.3) is 0 Å². The average molecular weight is 269 g/mol. The first-order valence-electron chi connectivity index (χ1n) is 6.51. The predicted octanol–water partition coefficient (Wildman–Crippen LogP) is -0.304. The number of anilines is 3. The normalized spacial score (nSPS) is 10.5. The second-order valence-corrected chi connectivity index (χ2v) is 4.04. The van der Waals surface area contributed by atoms with Gasteiger partial charge in [0.15, 0.2) is 11.6 Å². The zero-order chi connectivity index (χ0) is 14.3. The summed E-state index contributed by atoms with van der Waals surface area (Å²) < 4.78 is 0. The lowest BCUT2D eigenvalue weighted by atomic mass is 10.3. The third-order valence-corrected chi connectivity index (χ3v) is 2.94. The Morgan fingerprint density at radius 2 is 1.42 bits per heavy atom. The van der Waals surface area contributed by atoms with Crippen molar-refractivity contribution in [2.24, 2.45) is 0 Å². The number of aliphatic hydroxyl groups excluding tert-OH is 2. The molecule has 1 rings (SSSR count). The number of nitrogens with zero attached hydrogens (tertiary/aromatic N) is 4. The Bertz CT molecular complexity index is 356. The summed E-state index contributed by atoms with van der Waals surface area (Å²) in [6.45, 7) is 6.39. The van der Waals surface area contributed by atoms with Gasteiger partial charge in [0, 0.05) is 26.2 Å². The van der Waals surface area contributed by atoms with Gasteiger partial charge in [-0.2, -0.15) is 0 Å². The van der Waals surface area contributed by atoms with E-state index in [2.05, 4.69) is 9.97 Å². The smallest absolute Gasteiger partial charge is 0.157 e. The Labute approximate surface area is 113 Å². The fourth-order valence-corrected chi connectivity index (χ4v) is 1.95. The molecule has 0 radical (unpaired) electrons. The van der Waals surface area contributed by atoms with Crippen LogP contribution in [0.2, 0.25) is 0 Å². The van der Waals surface area contributed by atoms with Crippen LogP contribution in [0.15, 0.2) is 6.33 Å². The zero-order valence-electron chi connectivity index (χ0n) is 11.6. The number of aliphatic hydroxyl groups is 2. The second-order valence-electron chi connectivity index (χ2n) is 4.04. The van der Waals surface area contributed by atoms with E-state index in [4.69, 9.17) is 15.9 Å². The maximum Gasteiger partial charge on any atom is 0.157 e. The van der Waals surface area contributed by atoms with Gasteiger partial charge in [0.05, 0.1) is 13.2 Å². The van der Waals surface area contributed by atoms with Crippen LogP contribution in [-0.4, -0.2) is 59.6 Å². The lowest BCUT2D eigenvalue weighted by Gasteiger charge is -2.26. The van der Waals surface area contributed by atoms with Gasteiger partial charge in [-0.25, -0.2) is 9.97 Å². The molecular formula is C12H23N5O2. The maximum atomic E-state index is 9.06. The van der Waals surface area contributed by atoms with Gasteiger partial charge in [0.25, 0.3) is 0 Å². The van der Waals surface area contributed by atoms with Crippen LogP contribution < -0.4 is 15.5 Å². The summed E-state index contributed by atoms with van der Waals surface area (Å²) in [5, 5.41) is 18.1. The molecule has 108 valence electrons. The van der Waals surface area contributed by atoms with Gasteiger partial charge in [-0.15, -0.1) is 0 Å². The van der Waals surface area contributed by atoms with Gasteiger partial charge < -0.3 is 25.7 Å². The Morgan fingerprint density at radius 1 is 1.00 bits per heavy atom. The molecule has 0 fully saturated rings. The molecule has 0 aliphatic carbocycles.